The quantitative estimate of drug-likeness (QED) is 0.308. The fourth-order valence-corrected chi connectivity index (χ4v) is 5.53. The molecule has 1 aliphatic carbocycles. The number of alkyl halides is 2. The van der Waals surface area contributed by atoms with Gasteiger partial charge in [0.1, 0.15) is 0 Å². The van der Waals surface area contributed by atoms with Crippen LogP contribution in [0.25, 0.3) is 0 Å². The summed E-state index contributed by atoms with van der Waals surface area (Å²) in [5.41, 5.74) is 3.51. The van der Waals surface area contributed by atoms with Crippen LogP contribution in [0.1, 0.15) is 53.9 Å². The van der Waals surface area contributed by atoms with Gasteiger partial charge < -0.3 is 14.8 Å². The first-order valence-corrected chi connectivity index (χ1v) is 14.2. The van der Waals surface area contributed by atoms with Crippen molar-refractivity contribution in [3.05, 3.63) is 101 Å². The third-order valence-electron chi connectivity index (χ3n) is 7.76. The van der Waals surface area contributed by atoms with E-state index in [4.69, 9.17) is 9.47 Å². The number of hydrogen-bond donors (Lipinski definition) is 1. The molecule has 0 bridgehead atoms. The molecular weight excluding hydrogens is 556 g/mol. The van der Waals surface area contributed by atoms with E-state index < -0.39 is 17.8 Å². The number of methoxy groups -OCH3 is 1. The first-order valence-electron chi connectivity index (χ1n) is 14.2. The number of hydrogen-bond acceptors (Lipinski definition) is 6. The van der Waals surface area contributed by atoms with Crippen molar-refractivity contribution in [2.24, 2.45) is 11.0 Å². The third-order valence-corrected chi connectivity index (χ3v) is 7.76. The topological polar surface area (TPSA) is 97.3 Å². The molecule has 43 heavy (non-hydrogen) atoms. The minimum absolute atomic E-state index is 0.131. The van der Waals surface area contributed by atoms with Gasteiger partial charge in [0.05, 0.1) is 19.6 Å². The van der Waals surface area contributed by atoms with E-state index in [0.29, 0.717) is 23.6 Å². The summed E-state index contributed by atoms with van der Waals surface area (Å²) < 4.78 is 38.8. The molecule has 1 fully saturated rings. The van der Waals surface area contributed by atoms with Gasteiger partial charge in [-0.15, -0.1) is 5.10 Å². The summed E-state index contributed by atoms with van der Waals surface area (Å²) in [5, 5.41) is 8.63. The normalized spacial score (nSPS) is 18.4. The molecule has 10 heteroatoms. The lowest BCUT2D eigenvalue weighted by Crippen LogP contribution is -2.36. The van der Waals surface area contributed by atoms with Crippen LogP contribution < -0.4 is 5.32 Å². The Morgan fingerprint density at radius 1 is 1.07 bits per heavy atom. The first-order chi connectivity index (χ1) is 20.7. The summed E-state index contributed by atoms with van der Waals surface area (Å²) in [6.45, 7) is 0.0589. The summed E-state index contributed by atoms with van der Waals surface area (Å²) in [6, 6.07) is 23.5. The van der Waals surface area contributed by atoms with Crippen molar-refractivity contribution in [2.75, 3.05) is 19.0 Å². The highest BCUT2D eigenvalue weighted by Gasteiger charge is 2.45. The van der Waals surface area contributed by atoms with E-state index in [1.165, 1.54) is 12.1 Å². The van der Waals surface area contributed by atoms with Crippen molar-refractivity contribution < 1.29 is 32.6 Å². The zero-order valence-corrected chi connectivity index (χ0v) is 23.8. The molecule has 3 aromatic rings. The van der Waals surface area contributed by atoms with Gasteiger partial charge >= 0.3 is 5.97 Å². The number of anilines is 1. The summed E-state index contributed by atoms with van der Waals surface area (Å²) in [7, 11) is 1.33. The number of amides is 2. The maximum atomic E-state index is 14.3. The molecule has 0 radical (unpaired) electrons. The van der Waals surface area contributed by atoms with Gasteiger partial charge in [0.25, 0.3) is 5.91 Å². The molecule has 1 aliphatic heterocycles. The summed E-state index contributed by atoms with van der Waals surface area (Å²) in [5.74, 6) is -4.80. The van der Waals surface area contributed by atoms with Crippen molar-refractivity contribution in [1.82, 2.24) is 5.01 Å². The molecule has 1 N–H and O–H groups in total. The average Bonchev–Trinajstić information content (AvgIpc) is 3.37. The van der Waals surface area contributed by atoms with Gasteiger partial charge in [0, 0.05) is 30.5 Å². The molecule has 1 saturated carbocycles. The van der Waals surface area contributed by atoms with Crippen molar-refractivity contribution in [1.29, 1.82) is 0 Å². The molecule has 5 rings (SSSR count). The Labute approximate surface area is 248 Å². The molecule has 2 atom stereocenters. The van der Waals surface area contributed by atoms with Crippen molar-refractivity contribution >= 4 is 29.4 Å². The fraction of sp³-hybridized carbons (Fsp3) is 0.333. The van der Waals surface area contributed by atoms with Gasteiger partial charge in [-0.3, -0.25) is 14.4 Å². The van der Waals surface area contributed by atoms with Gasteiger partial charge in [0.15, 0.2) is 6.61 Å². The number of ether oxygens (including phenoxy) is 2. The zero-order valence-electron chi connectivity index (χ0n) is 23.8. The number of rotatable bonds is 10. The Morgan fingerprint density at radius 3 is 2.53 bits per heavy atom. The first kappa shape index (κ1) is 29.9. The highest BCUT2D eigenvalue weighted by atomic mass is 19.3. The van der Waals surface area contributed by atoms with Crippen LogP contribution >= 0.6 is 0 Å². The number of hydrazone groups is 1. The lowest BCUT2D eigenvalue weighted by Gasteiger charge is -2.25. The summed E-state index contributed by atoms with van der Waals surface area (Å²) in [6.07, 6.45) is 0.244. The van der Waals surface area contributed by atoms with Crippen LogP contribution in [-0.2, 0) is 36.8 Å². The number of nitrogens with zero attached hydrogens (tertiary/aromatic N) is 2. The van der Waals surface area contributed by atoms with Crippen LogP contribution in [0, 0.1) is 5.92 Å². The lowest BCUT2D eigenvalue weighted by molar-refractivity contribution is -0.140. The van der Waals surface area contributed by atoms with Crippen LogP contribution in [0.15, 0.2) is 84.0 Å². The monoisotopic (exact) mass is 589 g/mol. The average molecular weight is 590 g/mol. The van der Waals surface area contributed by atoms with E-state index in [0.717, 1.165) is 16.7 Å². The van der Waals surface area contributed by atoms with E-state index in [-0.39, 0.29) is 56.6 Å². The Kier molecular flexibility index (Phi) is 9.13. The highest BCUT2D eigenvalue weighted by Crippen LogP contribution is 2.46. The van der Waals surface area contributed by atoms with E-state index in [2.05, 4.69) is 10.4 Å². The zero-order chi connectivity index (χ0) is 30.4. The Bertz CT molecular complexity index is 1490. The Balaban J connectivity index is 1.33. The van der Waals surface area contributed by atoms with Gasteiger partial charge in [-0.2, -0.15) is 0 Å². The maximum absolute atomic E-state index is 14.3. The number of esters is 1. The van der Waals surface area contributed by atoms with Gasteiger partial charge in [-0.05, 0) is 59.7 Å². The smallest absolute Gasteiger partial charge is 0.305 e. The van der Waals surface area contributed by atoms with E-state index in [9.17, 15) is 23.2 Å². The molecule has 1 heterocycles. The van der Waals surface area contributed by atoms with E-state index in [1.807, 2.05) is 36.4 Å². The predicted octanol–water partition coefficient (Wildman–Crippen LogP) is 5.67. The van der Waals surface area contributed by atoms with Crippen molar-refractivity contribution in [2.45, 2.75) is 50.5 Å². The molecule has 2 unspecified atom stereocenters. The number of halogens is 2. The van der Waals surface area contributed by atoms with Gasteiger partial charge in [-0.1, -0.05) is 54.6 Å². The van der Waals surface area contributed by atoms with Crippen LogP contribution in [0.3, 0.4) is 0 Å². The number of carbonyl (C=O) groups is 3. The third kappa shape index (κ3) is 7.63. The summed E-state index contributed by atoms with van der Waals surface area (Å²) >= 11 is 0. The van der Waals surface area contributed by atoms with Crippen LogP contribution in [-0.4, -0.2) is 48.3 Å². The lowest BCUT2D eigenvalue weighted by atomic mass is 9.83. The molecular formula is C33H33F2N3O5. The maximum Gasteiger partial charge on any atom is 0.305 e. The molecule has 3 aromatic carbocycles. The summed E-state index contributed by atoms with van der Waals surface area (Å²) in [4.78, 5) is 37.7. The number of carbonyl (C=O) groups excluding carboxylic acids is 3. The molecule has 0 spiro atoms. The molecule has 0 aromatic heterocycles. The number of nitrogens with one attached hydrogen (secondary N) is 1. The molecule has 224 valence electrons. The van der Waals surface area contributed by atoms with Gasteiger partial charge in [0.2, 0.25) is 17.7 Å². The Hall–Kier alpha value is -4.60. The molecule has 2 aliphatic rings. The largest absolute Gasteiger partial charge is 0.469 e. The van der Waals surface area contributed by atoms with E-state index in [1.54, 1.807) is 42.5 Å². The van der Waals surface area contributed by atoms with Crippen molar-refractivity contribution in [3.63, 3.8) is 0 Å². The van der Waals surface area contributed by atoms with Crippen LogP contribution in [0.2, 0.25) is 0 Å². The van der Waals surface area contributed by atoms with Crippen LogP contribution in [0.5, 0.6) is 0 Å². The van der Waals surface area contributed by atoms with Crippen molar-refractivity contribution in [3.8, 4) is 0 Å². The predicted molar refractivity (Wildman–Crippen MR) is 156 cm³/mol. The minimum Gasteiger partial charge on any atom is -0.469 e. The SMILES string of the molecule is COC(=O)CCc1cccc(NC(=O)C(c2ccc(CN3N=C(c4ccccc4)OCC3=O)cc2)C2CCC(F)(F)C2)c1. The fourth-order valence-electron chi connectivity index (χ4n) is 5.53. The second kappa shape index (κ2) is 13.1. The molecule has 0 saturated heterocycles. The van der Waals surface area contributed by atoms with Crippen LogP contribution in [0.4, 0.5) is 14.5 Å². The molecule has 8 nitrogen and oxygen atoms in total. The highest BCUT2D eigenvalue weighted by molar-refractivity contribution is 5.98. The number of benzene rings is 3. The second-order valence-electron chi connectivity index (χ2n) is 10.9. The standard InChI is InChI=1S/C33H33F2N3O5/c1-42-29(40)15-12-22-6-5-9-27(18-22)36-31(41)30(26-16-17-33(34,35)19-26)24-13-10-23(11-14-24)20-38-28(39)21-43-32(37-38)25-7-3-2-4-8-25/h2-11,13-14,18,26,30H,12,15-17,19-21H2,1H3,(H,36,41). The second-order valence-corrected chi connectivity index (χ2v) is 10.9. The minimum atomic E-state index is -2.82. The van der Waals surface area contributed by atoms with Gasteiger partial charge in [-0.25, -0.2) is 13.8 Å². The Morgan fingerprint density at radius 2 is 1.84 bits per heavy atom. The number of aryl methyl sites for hydroxylation is 1. The molecule has 2 amide bonds. The van der Waals surface area contributed by atoms with E-state index >= 15 is 0 Å².